The second-order valence-corrected chi connectivity index (χ2v) is 9.12. The van der Waals surface area contributed by atoms with Crippen LogP contribution < -0.4 is 5.32 Å². The van der Waals surface area contributed by atoms with E-state index in [0.29, 0.717) is 48.1 Å². The Hall–Kier alpha value is -0.860. The van der Waals surface area contributed by atoms with Crippen LogP contribution in [0.4, 0.5) is 0 Å². The molecule has 1 fully saturated rings. The molecule has 1 heterocycles. The lowest BCUT2D eigenvalue weighted by Crippen LogP contribution is -2.45. The highest BCUT2D eigenvalue weighted by Crippen LogP contribution is 2.26. The molecule has 0 spiro atoms. The summed E-state index contributed by atoms with van der Waals surface area (Å²) < 4.78 is 31.8. The topological polar surface area (TPSA) is 75.7 Å². The smallest absolute Gasteiger partial charge is 0.224 e. The molecule has 0 radical (unpaired) electrons. The molecule has 1 N–H and O–H groups in total. The van der Waals surface area contributed by atoms with Gasteiger partial charge in [0.05, 0.1) is 21.7 Å². The van der Waals surface area contributed by atoms with Crippen molar-refractivity contribution in [3.05, 3.63) is 33.8 Å². The van der Waals surface area contributed by atoms with Crippen molar-refractivity contribution in [1.82, 2.24) is 9.62 Å². The number of sulfonamides is 1. The standard InChI is InChI=1S/C17H24Cl2N2O4S/c1-25-9-3-7-20-17(22)14-4-2-8-21(11-14)26(23,24)12-13-5-6-15(18)16(19)10-13/h5-6,10,14H,2-4,7-9,11-12H2,1H3,(H,20,22). The van der Waals surface area contributed by atoms with Gasteiger partial charge in [-0.3, -0.25) is 4.79 Å². The second kappa shape index (κ2) is 9.90. The molecule has 1 aliphatic rings. The summed E-state index contributed by atoms with van der Waals surface area (Å²) in [6.07, 6.45) is 2.08. The summed E-state index contributed by atoms with van der Waals surface area (Å²) >= 11 is 11.8. The average Bonchev–Trinajstić information content (AvgIpc) is 2.61. The maximum absolute atomic E-state index is 12.7. The van der Waals surface area contributed by atoms with Crippen molar-refractivity contribution in [1.29, 1.82) is 0 Å². The number of benzene rings is 1. The first-order valence-corrected chi connectivity index (χ1v) is 10.9. The third-order valence-corrected chi connectivity index (χ3v) is 6.86. The van der Waals surface area contributed by atoms with Gasteiger partial charge in [-0.15, -0.1) is 0 Å². The van der Waals surface area contributed by atoms with Crippen LogP contribution >= 0.6 is 23.2 Å². The van der Waals surface area contributed by atoms with Crippen molar-refractivity contribution < 1.29 is 17.9 Å². The highest BCUT2D eigenvalue weighted by molar-refractivity contribution is 7.88. The highest BCUT2D eigenvalue weighted by atomic mass is 35.5. The van der Waals surface area contributed by atoms with Gasteiger partial charge in [0.1, 0.15) is 0 Å². The first-order chi connectivity index (χ1) is 12.3. The van der Waals surface area contributed by atoms with Crippen molar-refractivity contribution in [3.8, 4) is 0 Å². The summed E-state index contributed by atoms with van der Waals surface area (Å²) in [4.78, 5) is 12.3. The zero-order valence-corrected chi connectivity index (χ0v) is 17.0. The molecule has 1 atom stereocenters. The highest BCUT2D eigenvalue weighted by Gasteiger charge is 2.32. The van der Waals surface area contributed by atoms with Gasteiger partial charge >= 0.3 is 0 Å². The van der Waals surface area contributed by atoms with Gasteiger partial charge in [0.15, 0.2) is 0 Å². The molecule has 6 nitrogen and oxygen atoms in total. The van der Waals surface area contributed by atoms with E-state index in [9.17, 15) is 13.2 Å². The van der Waals surface area contributed by atoms with Crippen LogP contribution in [0, 0.1) is 5.92 Å². The molecule has 0 aromatic heterocycles. The number of hydrogen-bond donors (Lipinski definition) is 1. The zero-order valence-electron chi connectivity index (χ0n) is 14.7. The maximum Gasteiger partial charge on any atom is 0.224 e. The number of nitrogens with zero attached hydrogens (tertiary/aromatic N) is 1. The van der Waals surface area contributed by atoms with Gasteiger partial charge in [-0.25, -0.2) is 12.7 Å². The van der Waals surface area contributed by atoms with E-state index in [2.05, 4.69) is 5.32 Å². The third kappa shape index (κ3) is 6.09. The van der Waals surface area contributed by atoms with Crippen LogP contribution in [0.5, 0.6) is 0 Å². The predicted molar refractivity (Wildman–Crippen MR) is 103 cm³/mol. The monoisotopic (exact) mass is 422 g/mol. The molecular formula is C17H24Cl2N2O4S. The Morgan fingerprint density at radius 1 is 1.35 bits per heavy atom. The van der Waals surface area contributed by atoms with E-state index in [4.69, 9.17) is 27.9 Å². The fraction of sp³-hybridized carbons (Fsp3) is 0.588. The van der Waals surface area contributed by atoms with Crippen molar-refractivity contribution in [2.45, 2.75) is 25.0 Å². The summed E-state index contributed by atoms with van der Waals surface area (Å²) in [5, 5.41) is 3.56. The van der Waals surface area contributed by atoms with Crippen LogP contribution in [0.1, 0.15) is 24.8 Å². The number of nitrogens with one attached hydrogen (secondary N) is 1. The van der Waals surface area contributed by atoms with E-state index >= 15 is 0 Å². The fourth-order valence-corrected chi connectivity index (χ4v) is 4.83. The van der Waals surface area contributed by atoms with Gasteiger partial charge in [0.25, 0.3) is 0 Å². The quantitative estimate of drug-likeness (QED) is 0.653. The van der Waals surface area contributed by atoms with Crippen molar-refractivity contribution >= 4 is 39.1 Å². The number of carbonyl (C=O) groups is 1. The van der Waals surface area contributed by atoms with Gasteiger partial charge in [0, 0.05) is 33.4 Å². The molecule has 146 valence electrons. The first kappa shape index (κ1) is 21.4. The Morgan fingerprint density at radius 2 is 2.12 bits per heavy atom. The first-order valence-electron chi connectivity index (χ1n) is 8.52. The summed E-state index contributed by atoms with van der Waals surface area (Å²) in [6, 6.07) is 4.79. The van der Waals surface area contributed by atoms with Crippen LogP contribution in [-0.4, -0.2) is 52.0 Å². The Balaban J connectivity index is 1.96. The fourth-order valence-electron chi connectivity index (χ4n) is 2.91. The maximum atomic E-state index is 12.7. The lowest BCUT2D eigenvalue weighted by molar-refractivity contribution is -0.126. The van der Waals surface area contributed by atoms with E-state index in [1.54, 1.807) is 25.3 Å². The van der Waals surface area contributed by atoms with E-state index in [1.165, 1.54) is 4.31 Å². The Kier molecular flexibility index (Phi) is 8.16. The SMILES string of the molecule is COCCCNC(=O)C1CCCN(S(=O)(=O)Cc2ccc(Cl)c(Cl)c2)C1. The number of halogens is 2. The van der Waals surface area contributed by atoms with Crippen molar-refractivity contribution in [3.63, 3.8) is 0 Å². The largest absolute Gasteiger partial charge is 0.385 e. The van der Waals surface area contributed by atoms with Gasteiger partial charge in [-0.2, -0.15) is 0 Å². The van der Waals surface area contributed by atoms with Crippen LogP contribution in [0.3, 0.4) is 0 Å². The molecule has 1 aliphatic heterocycles. The summed E-state index contributed by atoms with van der Waals surface area (Å²) in [6.45, 7) is 1.74. The van der Waals surface area contributed by atoms with Crippen molar-refractivity contribution in [2.24, 2.45) is 5.92 Å². The summed E-state index contributed by atoms with van der Waals surface area (Å²) in [5.41, 5.74) is 0.575. The zero-order chi connectivity index (χ0) is 19.2. The Labute approximate surface area is 164 Å². The summed E-state index contributed by atoms with van der Waals surface area (Å²) in [7, 11) is -1.92. The van der Waals surface area contributed by atoms with E-state index in [0.717, 1.165) is 6.42 Å². The van der Waals surface area contributed by atoms with Crippen LogP contribution in [-0.2, 0) is 25.3 Å². The minimum absolute atomic E-state index is 0.101. The van der Waals surface area contributed by atoms with E-state index in [-0.39, 0.29) is 24.1 Å². The number of carbonyl (C=O) groups excluding carboxylic acids is 1. The minimum atomic E-state index is -3.53. The lowest BCUT2D eigenvalue weighted by Gasteiger charge is -2.31. The van der Waals surface area contributed by atoms with Gasteiger partial charge in [-0.05, 0) is 37.0 Å². The molecule has 0 bridgehead atoms. The lowest BCUT2D eigenvalue weighted by atomic mass is 9.99. The third-order valence-electron chi connectivity index (χ3n) is 4.31. The molecule has 1 aromatic carbocycles. The van der Waals surface area contributed by atoms with Gasteiger partial charge < -0.3 is 10.1 Å². The molecule has 0 saturated carbocycles. The molecule has 9 heteroatoms. The molecule has 1 saturated heterocycles. The molecule has 0 aliphatic carbocycles. The van der Waals surface area contributed by atoms with Gasteiger partial charge in [0.2, 0.25) is 15.9 Å². The Morgan fingerprint density at radius 3 is 2.81 bits per heavy atom. The number of piperidine rings is 1. The molecule has 26 heavy (non-hydrogen) atoms. The van der Waals surface area contributed by atoms with Crippen LogP contribution in [0.25, 0.3) is 0 Å². The normalized spacial score (nSPS) is 18.7. The second-order valence-electron chi connectivity index (χ2n) is 6.34. The molecule has 1 amide bonds. The molecule has 1 unspecified atom stereocenters. The summed E-state index contributed by atoms with van der Waals surface area (Å²) in [5.74, 6) is -0.586. The Bertz CT molecular complexity index is 727. The number of ether oxygens (including phenoxy) is 1. The van der Waals surface area contributed by atoms with E-state index < -0.39 is 10.0 Å². The average molecular weight is 423 g/mol. The predicted octanol–water partition coefficient (Wildman–Crippen LogP) is 2.69. The number of amides is 1. The number of methoxy groups -OCH3 is 1. The van der Waals surface area contributed by atoms with Crippen molar-refractivity contribution in [2.75, 3.05) is 33.4 Å². The molecule has 2 rings (SSSR count). The number of hydrogen-bond acceptors (Lipinski definition) is 4. The number of rotatable bonds is 8. The van der Waals surface area contributed by atoms with Crippen LogP contribution in [0.15, 0.2) is 18.2 Å². The van der Waals surface area contributed by atoms with Gasteiger partial charge in [-0.1, -0.05) is 29.3 Å². The molecule has 1 aromatic rings. The van der Waals surface area contributed by atoms with E-state index in [1.807, 2.05) is 0 Å². The van der Waals surface area contributed by atoms with Crippen LogP contribution in [0.2, 0.25) is 10.0 Å². The minimum Gasteiger partial charge on any atom is -0.385 e. The molecular weight excluding hydrogens is 399 g/mol.